The first-order chi connectivity index (χ1) is 11.8. The first-order valence-electron chi connectivity index (χ1n) is 8.94. The van der Waals surface area contributed by atoms with Crippen molar-refractivity contribution in [2.45, 2.75) is 38.1 Å². The minimum Gasteiger partial charge on any atom is -0.336 e. The van der Waals surface area contributed by atoms with Gasteiger partial charge in [0.25, 0.3) is 5.91 Å². The van der Waals surface area contributed by atoms with Crippen molar-refractivity contribution in [1.82, 2.24) is 20.0 Å². The van der Waals surface area contributed by atoms with Gasteiger partial charge in [-0.2, -0.15) is 5.10 Å². The van der Waals surface area contributed by atoms with Crippen molar-refractivity contribution in [3.05, 3.63) is 29.3 Å². The van der Waals surface area contributed by atoms with Gasteiger partial charge in [-0.05, 0) is 36.8 Å². The van der Waals surface area contributed by atoms with Gasteiger partial charge in [0.05, 0.1) is 10.6 Å². The van der Waals surface area contributed by atoms with E-state index in [-0.39, 0.29) is 5.91 Å². The second-order valence-corrected chi connectivity index (χ2v) is 7.71. The molecule has 128 valence electrons. The van der Waals surface area contributed by atoms with Crippen LogP contribution in [0.5, 0.6) is 0 Å². The number of thiophene rings is 1. The number of aromatic amines is 1. The van der Waals surface area contributed by atoms with E-state index in [4.69, 9.17) is 0 Å². The molecule has 24 heavy (non-hydrogen) atoms. The normalized spacial score (nSPS) is 20.4. The summed E-state index contributed by atoms with van der Waals surface area (Å²) >= 11 is 1.65. The van der Waals surface area contributed by atoms with E-state index >= 15 is 0 Å². The molecule has 1 aliphatic carbocycles. The van der Waals surface area contributed by atoms with Crippen LogP contribution in [-0.2, 0) is 0 Å². The molecule has 0 atom stereocenters. The summed E-state index contributed by atoms with van der Waals surface area (Å²) in [5.74, 6) is 0.0577. The number of hydrogen-bond acceptors (Lipinski definition) is 4. The Kier molecular flexibility index (Phi) is 4.67. The molecule has 0 radical (unpaired) electrons. The van der Waals surface area contributed by atoms with E-state index in [1.54, 1.807) is 11.3 Å². The van der Waals surface area contributed by atoms with Crippen LogP contribution in [0.3, 0.4) is 0 Å². The number of amides is 1. The number of hydrogen-bond donors (Lipinski definition) is 1. The third-order valence-electron chi connectivity index (χ3n) is 5.24. The Morgan fingerprint density at radius 1 is 1.17 bits per heavy atom. The van der Waals surface area contributed by atoms with Crippen LogP contribution in [0.15, 0.2) is 23.6 Å². The van der Waals surface area contributed by atoms with Crippen LogP contribution < -0.4 is 0 Å². The molecule has 4 rings (SSSR count). The fraction of sp³-hybridized carbons (Fsp3) is 0.556. The monoisotopic (exact) mass is 344 g/mol. The van der Waals surface area contributed by atoms with Crippen LogP contribution in [0.2, 0.25) is 0 Å². The standard InChI is InChI=1S/C18H24N4OS/c23-18(16-13-15(19-20-16)17-7-3-12-24-17)22-9-4-8-21(10-11-22)14-5-1-2-6-14/h3,7,12-14H,1-2,4-6,8-11H2,(H,19,20). The van der Waals surface area contributed by atoms with Gasteiger partial charge in [-0.3, -0.25) is 14.8 Å². The van der Waals surface area contributed by atoms with Crippen LogP contribution in [0, 0.1) is 0 Å². The van der Waals surface area contributed by atoms with Crippen molar-refractivity contribution in [1.29, 1.82) is 0 Å². The number of nitrogens with zero attached hydrogens (tertiary/aromatic N) is 3. The van der Waals surface area contributed by atoms with E-state index in [0.29, 0.717) is 5.69 Å². The van der Waals surface area contributed by atoms with Gasteiger partial charge in [-0.25, -0.2) is 0 Å². The highest BCUT2D eigenvalue weighted by Gasteiger charge is 2.27. The molecular weight excluding hydrogens is 320 g/mol. The zero-order valence-corrected chi connectivity index (χ0v) is 14.7. The van der Waals surface area contributed by atoms with E-state index in [2.05, 4.69) is 15.1 Å². The molecule has 2 aromatic rings. The lowest BCUT2D eigenvalue weighted by atomic mass is 10.2. The smallest absolute Gasteiger partial charge is 0.274 e. The Morgan fingerprint density at radius 3 is 2.83 bits per heavy atom. The quantitative estimate of drug-likeness (QED) is 0.930. The fourth-order valence-corrected chi connectivity index (χ4v) is 4.62. The Labute approximate surface area is 146 Å². The van der Waals surface area contributed by atoms with Crippen LogP contribution in [0.25, 0.3) is 10.6 Å². The van der Waals surface area contributed by atoms with Gasteiger partial charge >= 0.3 is 0 Å². The number of aromatic nitrogens is 2. The fourth-order valence-electron chi connectivity index (χ4n) is 3.93. The largest absolute Gasteiger partial charge is 0.336 e. The minimum atomic E-state index is 0.0577. The topological polar surface area (TPSA) is 52.2 Å². The summed E-state index contributed by atoms with van der Waals surface area (Å²) in [4.78, 5) is 18.5. The van der Waals surface area contributed by atoms with Crippen LogP contribution in [-0.4, -0.2) is 58.1 Å². The van der Waals surface area contributed by atoms with Crippen molar-refractivity contribution < 1.29 is 4.79 Å². The van der Waals surface area contributed by atoms with Crippen molar-refractivity contribution >= 4 is 17.2 Å². The molecule has 5 nitrogen and oxygen atoms in total. The Balaban J connectivity index is 1.41. The summed E-state index contributed by atoms with van der Waals surface area (Å²) in [6, 6.07) is 6.68. The van der Waals surface area contributed by atoms with Crippen molar-refractivity contribution in [3.63, 3.8) is 0 Å². The number of carbonyl (C=O) groups is 1. The third kappa shape index (κ3) is 3.26. The van der Waals surface area contributed by atoms with Crippen LogP contribution in [0.1, 0.15) is 42.6 Å². The maximum Gasteiger partial charge on any atom is 0.274 e. The SMILES string of the molecule is O=C(c1cc(-c2cccs2)[nH]n1)N1CCCN(C2CCCC2)CC1. The molecule has 3 heterocycles. The number of rotatable bonds is 3. The zero-order chi connectivity index (χ0) is 16.4. The Bertz CT molecular complexity index is 675. The van der Waals surface area contributed by atoms with Crippen molar-refractivity contribution in [2.24, 2.45) is 0 Å². The van der Waals surface area contributed by atoms with E-state index in [9.17, 15) is 4.79 Å². The molecular formula is C18H24N4OS. The molecule has 1 amide bonds. The minimum absolute atomic E-state index is 0.0577. The Morgan fingerprint density at radius 2 is 2.04 bits per heavy atom. The van der Waals surface area contributed by atoms with Gasteiger partial charge in [0.15, 0.2) is 5.69 Å². The van der Waals surface area contributed by atoms with Gasteiger partial charge in [0.2, 0.25) is 0 Å². The van der Waals surface area contributed by atoms with Gasteiger partial charge in [-0.15, -0.1) is 11.3 Å². The summed E-state index contributed by atoms with van der Waals surface area (Å²) in [6.45, 7) is 3.77. The highest BCUT2D eigenvalue weighted by molar-refractivity contribution is 7.13. The summed E-state index contributed by atoms with van der Waals surface area (Å²) in [7, 11) is 0. The van der Waals surface area contributed by atoms with E-state index in [1.807, 2.05) is 28.5 Å². The molecule has 2 aliphatic rings. The number of carbonyl (C=O) groups excluding carboxylic acids is 1. The predicted molar refractivity (Wildman–Crippen MR) is 96.3 cm³/mol. The van der Waals surface area contributed by atoms with Crippen molar-refractivity contribution in [3.8, 4) is 10.6 Å². The van der Waals surface area contributed by atoms with Crippen LogP contribution in [0.4, 0.5) is 0 Å². The summed E-state index contributed by atoms with van der Waals surface area (Å²) in [6.07, 6.45) is 6.45. The van der Waals surface area contributed by atoms with E-state index in [1.165, 1.54) is 25.7 Å². The molecule has 1 N–H and O–H groups in total. The molecule has 0 aromatic carbocycles. The highest BCUT2D eigenvalue weighted by atomic mass is 32.1. The number of H-pyrrole nitrogens is 1. The second-order valence-electron chi connectivity index (χ2n) is 6.76. The van der Waals surface area contributed by atoms with E-state index < -0.39 is 0 Å². The lowest BCUT2D eigenvalue weighted by Gasteiger charge is -2.27. The molecule has 2 aromatic heterocycles. The summed E-state index contributed by atoms with van der Waals surface area (Å²) in [5.41, 5.74) is 1.46. The molecule has 6 heteroatoms. The predicted octanol–water partition coefficient (Wildman–Crippen LogP) is 3.23. The lowest BCUT2D eigenvalue weighted by Crippen LogP contribution is -2.38. The number of nitrogens with one attached hydrogen (secondary N) is 1. The maximum atomic E-state index is 12.8. The van der Waals surface area contributed by atoms with Gasteiger partial charge in [0, 0.05) is 32.2 Å². The zero-order valence-electron chi connectivity index (χ0n) is 13.9. The molecule has 0 unspecified atom stereocenters. The Hall–Kier alpha value is -1.66. The van der Waals surface area contributed by atoms with Crippen LogP contribution >= 0.6 is 11.3 Å². The molecule has 1 aliphatic heterocycles. The highest BCUT2D eigenvalue weighted by Crippen LogP contribution is 2.25. The summed E-state index contributed by atoms with van der Waals surface area (Å²) in [5, 5.41) is 9.28. The summed E-state index contributed by atoms with van der Waals surface area (Å²) < 4.78 is 0. The van der Waals surface area contributed by atoms with Crippen molar-refractivity contribution in [2.75, 3.05) is 26.2 Å². The third-order valence-corrected chi connectivity index (χ3v) is 6.15. The van der Waals surface area contributed by atoms with Gasteiger partial charge < -0.3 is 4.90 Å². The van der Waals surface area contributed by atoms with Gasteiger partial charge in [-0.1, -0.05) is 18.9 Å². The lowest BCUT2D eigenvalue weighted by molar-refractivity contribution is 0.0752. The first-order valence-corrected chi connectivity index (χ1v) is 9.82. The first kappa shape index (κ1) is 15.8. The molecule has 0 bridgehead atoms. The van der Waals surface area contributed by atoms with Gasteiger partial charge in [0.1, 0.15) is 0 Å². The maximum absolute atomic E-state index is 12.8. The average Bonchev–Trinajstić information content (AvgIpc) is 3.33. The van der Waals surface area contributed by atoms with E-state index in [0.717, 1.165) is 49.2 Å². The second kappa shape index (κ2) is 7.07. The average molecular weight is 344 g/mol. The molecule has 2 fully saturated rings. The molecule has 1 saturated carbocycles. The molecule has 1 saturated heterocycles. The molecule has 0 spiro atoms.